The average Bonchev–Trinajstić information content (AvgIpc) is 2.70. The summed E-state index contributed by atoms with van der Waals surface area (Å²) in [5.41, 5.74) is 4.16. The predicted octanol–water partition coefficient (Wildman–Crippen LogP) is 4.14. The van der Waals surface area contributed by atoms with Crippen molar-refractivity contribution in [3.05, 3.63) is 45.9 Å². The van der Waals surface area contributed by atoms with E-state index in [-0.39, 0.29) is 17.8 Å². The summed E-state index contributed by atoms with van der Waals surface area (Å²) in [5.74, 6) is 1.09. The summed E-state index contributed by atoms with van der Waals surface area (Å²) in [7, 11) is 0. The first-order chi connectivity index (χ1) is 14.2. The number of halogens is 1. The summed E-state index contributed by atoms with van der Waals surface area (Å²) < 4.78 is 17.4. The maximum Gasteiger partial charge on any atom is 0.284 e. The summed E-state index contributed by atoms with van der Waals surface area (Å²) in [5, 5.41) is 14.0. The van der Waals surface area contributed by atoms with Crippen LogP contribution in [0.25, 0.3) is 0 Å². The first-order valence-corrected chi connectivity index (χ1v) is 10.4. The van der Waals surface area contributed by atoms with Crippen molar-refractivity contribution in [2.75, 3.05) is 13.2 Å². The second-order valence-corrected chi connectivity index (χ2v) is 8.70. The van der Waals surface area contributed by atoms with Crippen molar-refractivity contribution in [3.63, 3.8) is 0 Å². The summed E-state index contributed by atoms with van der Waals surface area (Å²) in [6, 6.07) is 9.06. The molecular weight excluding hydrogens is 452 g/mol. The zero-order valence-corrected chi connectivity index (χ0v) is 18.9. The molecule has 0 bridgehead atoms. The monoisotopic (exact) mass is 476 g/mol. The molecule has 7 nitrogen and oxygen atoms in total. The second-order valence-electron chi connectivity index (χ2n) is 7.85. The highest BCUT2D eigenvalue weighted by Crippen LogP contribution is 2.36. The predicted molar refractivity (Wildman–Crippen MR) is 118 cm³/mol. The van der Waals surface area contributed by atoms with Gasteiger partial charge in [0.1, 0.15) is 6.61 Å². The Hall–Kier alpha value is -2.74. The molecule has 30 heavy (non-hydrogen) atoms. The van der Waals surface area contributed by atoms with Crippen LogP contribution in [0.15, 0.2) is 39.9 Å². The molecule has 3 rings (SSSR count). The molecule has 0 saturated heterocycles. The maximum absolute atomic E-state index is 12.5. The Morgan fingerprint density at radius 2 is 2.10 bits per heavy atom. The minimum Gasteiger partial charge on any atom is -0.503 e. The molecule has 8 heteroatoms. The van der Waals surface area contributed by atoms with Gasteiger partial charge in [0.15, 0.2) is 23.0 Å². The standard InChI is InChI=1S/C22H25BrN2O5/c1-5-28-18-9-13(8-15(23)20(18)26)11-24-25-21(27)19-12-29-16-7-6-14(22(2,3)4)10-17(16)30-19/h6-11,19,26H,5,12H2,1-4H3,(H,25,27)/b24-11+/t19-/m0/s1. The zero-order valence-electron chi connectivity index (χ0n) is 17.4. The Morgan fingerprint density at radius 1 is 1.33 bits per heavy atom. The normalized spacial score (nSPS) is 15.8. The lowest BCUT2D eigenvalue weighted by Gasteiger charge is -2.27. The van der Waals surface area contributed by atoms with Crippen molar-refractivity contribution in [1.29, 1.82) is 0 Å². The van der Waals surface area contributed by atoms with E-state index < -0.39 is 12.0 Å². The minimum absolute atomic E-state index is 0.0130. The van der Waals surface area contributed by atoms with Crippen LogP contribution in [0.2, 0.25) is 0 Å². The Balaban J connectivity index is 1.66. The number of aromatic hydroxyl groups is 1. The number of phenolic OH excluding ortho intramolecular Hbond substituents is 1. The minimum atomic E-state index is -0.810. The largest absolute Gasteiger partial charge is 0.503 e. The Labute approximate surface area is 184 Å². The highest BCUT2D eigenvalue weighted by molar-refractivity contribution is 9.10. The number of benzene rings is 2. The molecule has 0 unspecified atom stereocenters. The lowest BCUT2D eigenvalue weighted by molar-refractivity contribution is -0.130. The van der Waals surface area contributed by atoms with Gasteiger partial charge in [-0.05, 0) is 63.7 Å². The van der Waals surface area contributed by atoms with Crippen molar-refractivity contribution in [1.82, 2.24) is 5.43 Å². The lowest BCUT2D eigenvalue weighted by atomic mass is 9.87. The molecule has 0 fully saturated rings. The molecule has 0 aliphatic carbocycles. The fraction of sp³-hybridized carbons (Fsp3) is 0.364. The molecule has 1 heterocycles. The van der Waals surface area contributed by atoms with Crippen LogP contribution >= 0.6 is 15.9 Å². The van der Waals surface area contributed by atoms with E-state index in [9.17, 15) is 9.90 Å². The van der Waals surface area contributed by atoms with E-state index in [1.807, 2.05) is 25.1 Å². The van der Waals surface area contributed by atoms with Crippen molar-refractivity contribution in [2.24, 2.45) is 5.10 Å². The Kier molecular flexibility index (Phi) is 6.55. The van der Waals surface area contributed by atoms with Gasteiger partial charge in [-0.1, -0.05) is 26.8 Å². The first kappa shape index (κ1) is 22.0. The van der Waals surface area contributed by atoms with Crippen LogP contribution in [-0.4, -0.2) is 36.5 Å². The van der Waals surface area contributed by atoms with E-state index in [0.29, 0.717) is 33.9 Å². The van der Waals surface area contributed by atoms with E-state index in [0.717, 1.165) is 5.56 Å². The number of hydrogen-bond acceptors (Lipinski definition) is 6. The van der Waals surface area contributed by atoms with Gasteiger partial charge in [0.05, 0.1) is 17.3 Å². The zero-order chi connectivity index (χ0) is 21.9. The SMILES string of the molecule is CCOc1cc(/C=N/NC(=O)[C@@H]2COc3ccc(C(C)(C)C)cc3O2)cc(Br)c1O. The number of carbonyl (C=O) groups excluding carboxylic acids is 1. The van der Waals surface area contributed by atoms with Crippen LogP contribution in [-0.2, 0) is 10.2 Å². The Morgan fingerprint density at radius 3 is 2.80 bits per heavy atom. The lowest BCUT2D eigenvalue weighted by Crippen LogP contribution is -2.42. The van der Waals surface area contributed by atoms with Crippen molar-refractivity contribution in [2.45, 2.75) is 39.2 Å². The molecule has 2 aromatic rings. The Bertz CT molecular complexity index is 969. The maximum atomic E-state index is 12.5. The first-order valence-electron chi connectivity index (χ1n) is 9.61. The second kappa shape index (κ2) is 8.95. The van der Waals surface area contributed by atoms with Crippen LogP contribution in [0.3, 0.4) is 0 Å². The molecular formula is C22H25BrN2O5. The molecule has 1 atom stereocenters. The number of carbonyl (C=O) groups is 1. The molecule has 2 aromatic carbocycles. The third-order valence-electron chi connectivity index (χ3n) is 4.50. The molecule has 0 saturated carbocycles. The van der Waals surface area contributed by atoms with Gasteiger partial charge in [0.2, 0.25) is 6.10 Å². The van der Waals surface area contributed by atoms with Gasteiger partial charge in [-0.2, -0.15) is 5.10 Å². The van der Waals surface area contributed by atoms with Gasteiger partial charge in [-0.15, -0.1) is 0 Å². The molecule has 0 aromatic heterocycles. The van der Waals surface area contributed by atoms with Crippen LogP contribution in [0, 0.1) is 0 Å². The number of nitrogens with one attached hydrogen (secondary N) is 1. The highest BCUT2D eigenvalue weighted by atomic mass is 79.9. The third kappa shape index (κ3) is 5.05. The van der Waals surface area contributed by atoms with Crippen LogP contribution in [0.4, 0.5) is 0 Å². The summed E-state index contributed by atoms with van der Waals surface area (Å²) >= 11 is 3.27. The number of fused-ring (bicyclic) bond motifs is 1. The molecule has 0 spiro atoms. The fourth-order valence-electron chi connectivity index (χ4n) is 2.84. The highest BCUT2D eigenvalue weighted by Gasteiger charge is 2.28. The van der Waals surface area contributed by atoms with Crippen LogP contribution in [0.5, 0.6) is 23.0 Å². The molecule has 0 radical (unpaired) electrons. The van der Waals surface area contributed by atoms with E-state index in [1.54, 1.807) is 12.1 Å². The molecule has 1 aliphatic heterocycles. The topological polar surface area (TPSA) is 89.4 Å². The van der Waals surface area contributed by atoms with Gasteiger partial charge in [-0.3, -0.25) is 4.79 Å². The van der Waals surface area contributed by atoms with Crippen molar-refractivity contribution >= 4 is 28.1 Å². The summed E-state index contributed by atoms with van der Waals surface area (Å²) in [6.45, 7) is 8.66. The van der Waals surface area contributed by atoms with Crippen molar-refractivity contribution in [3.8, 4) is 23.0 Å². The number of hydrogen-bond donors (Lipinski definition) is 2. The van der Waals surface area contributed by atoms with Gasteiger partial charge < -0.3 is 19.3 Å². The van der Waals surface area contributed by atoms with Gasteiger partial charge in [0.25, 0.3) is 5.91 Å². The summed E-state index contributed by atoms with van der Waals surface area (Å²) in [4.78, 5) is 12.5. The quantitative estimate of drug-likeness (QED) is 0.499. The number of amides is 1. The summed E-state index contributed by atoms with van der Waals surface area (Å²) in [6.07, 6.45) is 0.648. The number of rotatable bonds is 5. The number of phenols is 1. The van der Waals surface area contributed by atoms with Crippen LogP contribution < -0.4 is 19.6 Å². The van der Waals surface area contributed by atoms with Gasteiger partial charge in [0, 0.05) is 0 Å². The van der Waals surface area contributed by atoms with Crippen LogP contribution in [0.1, 0.15) is 38.8 Å². The van der Waals surface area contributed by atoms with E-state index in [4.69, 9.17) is 14.2 Å². The third-order valence-corrected chi connectivity index (χ3v) is 5.11. The van der Waals surface area contributed by atoms with Gasteiger partial charge in [-0.25, -0.2) is 5.43 Å². The van der Waals surface area contributed by atoms with E-state index in [1.165, 1.54) is 6.21 Å². The van der Waals surface area contributed by atoms with E-state index >= 15 is 0 Å². The van der Waals surface area contributed by atoms with E-state index in [2.05, 4.69) is 47.2 Å². The number of ether oxygens (including phenoxy) is 3. The molecule has 1 amide bonds. The molecule has 160 valence electrons. The number of nitrogens with zero attached hydrogens (tertiary/aromatic N) is 1. The van der Waals surface area contributed by atoms with Gasteiger partial charge >= 0.3 is 0 Å². The average molecular weight is 477 g/mol. The smallest absolute Gasteiger partial charge is 0.284 e. The fourth-order valence-corrected chi connectivity index (χ4v) is 3.30. The van der Waals surface area contributed by atoms with Crippen molar-refractivity contribution < 1.29 is 24.1 Å². The number of hydrazone groups is 1. The molecule has 1 aliphatic rings. The molecule has 2 N–H and O–H groups in total.